The van der Waals surface area contributed by atoms with Crippen molar-refractivity contribution < 1.29 is 9.05 Å². The van der Waals surface area contributed by atoms with Crippen molar-refractivity contribution in [1.82, 2.24) is 0 Å². The first-order chi connectivity index (χ1) is 25.6. The van der Waals surface area contributed by atoms with Crippen LogP contribution in [-0.4, -0.2) is 0 Å². The van der Waals surface area contributed by atoms with E-state index in [1.807, 2.05) is 42.5 Å². The highest BCUT2D eigenvalue weighted by Crippen LogP contribution is 2.48. The summed E-state index contributed by atoms with van der Waals surface area (Å²) in [5.74, 6) is 1.60. The molecule has 0 saturated heterocycles. The van der Waals surface area contributed by atoms with E-state index in [9.17, 15) is 0 Å². The lowest BCUT2D eigenvalue weighted by Gasteiger charge is -2.24. The molecule has 3 aromatic carbocycles. The van der Waals surface area contributed by atoms with Crippen molar-refractivity contribution in [3.05, 3.63) is 102 Å². The topological polar surface area (TPSA) is 18.5 Å². The Morgan fingerprint density at radius 1 is 0.442 bits per heavy atom. The first-order valence-electron chi connectivity index (χ1n) is 21.5. The highest BCUT2D eigenvalue weighted by molar-refractivity contribution is 8.13. The lowest BCUT2D eigenvalue weighted by molar-refractivity contribution is 0.497. The molecular weight excluding hydrogens is 672 g/mol. The lowest BCUT2D eigenvalue weighted by atomic mass is 10.0. The average molecular weight is 745 g/mol. The van der Waals surface area contributed by atoms with Crippen molar-refractivity contribution >= 4 is 23.6 Å². The molecular formula is C48H73O2PS. The maximum atomic E-state index is 6.67. The summed E-state index contributed by atoms with van der Waals surface area (Å²) >= 11 is 6.27. The standard InChI is InChI=1S/C48H73O2PS/c1-3-5-7-9-11-13-15-17-19-21-23-25-28-34-44-36-32-38-46(42-44)49-51(52,48-40-30-27-31-41-48)50-47-39-33-37-45(43-47)35-29-26-24-22-20-18-16-14-12-10-8-6-4-2/h15,17,27,30-33,36-43H,3-14,16,18-26,28-29,34-35H2,1-2H3/b17-15+. The van der Waals surface area contributed by atoms with E-state index in [0.717, 1.165) is 29.6 Å². The molecule has 52 heavy (non-hydrogen) atoms. The van der Waals surface area contributed by atoms with Crippen molar-refractivity contribution in [1.29, 1.82) is 0 Å². The molecule has 288 valence electrons. The fourth-order valence-corrected chi connectivity index (χ4v) is 9.37. The van der Waals surface area contributed by atoms with Gasteiger partial charge < -0.3 is 9.05 Å². The Hall–Kier alpha value is -2.35. The SMILES string of the molecule is CCCCCCC/C=C/CCCCCCc1cccc(OP(=S)(Oc2cccc(CCCCCCCCCCCCCCC)c2)c2ccccc2)c1. The molecule has 0 fully saturated rings. The van der Waals surface area contributed by atoms with Crippen LogP contribution in [0.2, 0.25) is 0 Å². The minimum absolute atomic E-state index is 0.799. The quantitative estimate of drug-likeness (QED) is 0.0360. The second-order valence-corrected chi connectivity index (χ2v) is 18.2. The molecule has 0 spiro atoms. The van der Waals surface area contributed by atoms with Crippen molar-refractivity contribution in [3.8, 4) is 11.5 Å². The van der Waals surface area contributed by atoms with Gasteiger partial charge in [-0.3, -0.25) is 0 Å². The second-order valence-electron chi connectivity index (χ2n) is 14.9. The van der Waals surface area contributed by atoms with Gasteiger partial charge in [0.25, 0.3) is 0 Å². The van der Waals surface area contributed by atoms with Gasteiger partial charge in [0.15, 0.2) is 0 Å². The van der Waals surface area contributed by atoms with E-state index in [1.165, 1.54) is 165 Å². The smallest absolute Gasteiger partial charge is 0.319 e. The highest BCUT2D eigenvalue weighted by atomic mass is 32.5. The van der Waals surface area contributed by atoms with Crippen molar-refractivity contribution in [2.45, 2.75) is 181 Å². The summed E-state index contributed by atoms with van der Waals surface area (Å²) in [6, 6.07) is 27.2. The van der Waals surface area contributed by atoms with Crippen LogP contribution in [0, 0.1) is 0 Å². The Kier molecular flexibility index (Phi) is 24.6. The molecule has 0 heterocycles. The van der Waals surface area contributed by atoms with Crippen molar-refractivity contribution in [3.63, 3.8) is 0 Å². The van der Waals surface area contributed by atoms with Gasteiger partial charge in [0.1, 0.15) is 11.5 Å². The summed E-state index contributed by atoms with van der Waals surface area (Å²) < 4.78 is 13.3. The molecule has 0 saturated carbocycles. The maximum Gasteiger partial charge on any atom is 0.319 e. The van der Waals surface area contributed by atoms with Crippen molar-refractivity contribution in [2.24, 2.45) is 0 Å². The minimum atomic E-state index is -2.85. The Bertz CT molecular complexity index is 1370. The van der Waals surface area contributed by atoms with Crippen LogP contribution < -0.4 is 14.4 Å². The molecule has 0 aromatic heterocycles. The fourth-order valence-electron chi connectivity index (χ4n) is 6.92. The molecule has 0 radical (unpaired) electrons. The molecule has 1 unspecified atom stereocenters. The largest absolute Gasteiger partial charge is 0.432 e. The van der Waals surface area contributed by atoms with Gasteiger partial charge in [-0.15, -0.1) is 0 Å². The van der Waals surface area contributed by atoms with Gasteiger partial charge >= 0.3 is 6.49 Å². The normalized spacial score (nSPS) is 12.7. The van der Waals surface area contributed by atoms with Crippen LogP contribution in [0.4, 0.5) is 0 Å². The zero-order chi connectivity index (χ0) is 36.8. The van der Waals surface area contributed by atoms with E-state index in [1.54, 1.807) is 0 Å². The van der Waals surface area contributed by atoms with E-state index in [2.05, 4.69) is 62.4 Å². The van der Waals surface area contributed by atoms with Crippen LogP contribution in [0.25, 0.3) is 0 Å². The second kappa shape index (κ2) is 29.1. The summed E-state index contributed by atoms with van der Waals surface area (Å²) in [4.78, 5) is 0. The first-order valence-corrected chi connectivity index (χ1v) is 24.1. The van der Waals surface area contributed by atoms with E-state index >= 15 is 0 Å². The fraction of sp³-hybridized carbons (Fsp3) is 0.583. The minimum Gasteiger partial charge on any atom is -0.432 e. The molecule has 0 aliphatic heterocycles. The van der Waals surface area contributed by atoms with E-state index in [-0.39, 0.29) is 0 Å². The van der Waals surface area contributed by atoms with Crippen LogP contribution in [-0.2, 0) is 24.6 Å². The molecule has 0 bridgehead atoms. The molecule has 3 rings (SSSR count). The summed E-state index contributed by atoms with van der Waals surface area (Å²) in [6.07, 6.45) is 39.1. The Labute approximate surface area is 325 Å². The number of unbranched alkanes of at least 4 members (excludes halogenated alkanes) is 21. The number of rotatable bonds is 32. The van der Waals surface area contributed by atoms with Gasteiger partial charge in [-0.1, -0.05) is 184 Å². The van der Waals surface area contributed by atoms with Crippen LogP contribution in [0.3, 0.4) is 0 Å². The summed E-state index contributed by atoms with van der Waals surface area (Å²) in [5, 5.41) is 0.933. The van der Waals surface area contributed by atoms with Crippen LogP contribution in [0.15, 0.2) is 91.0 Å². The predicted octanol–water partition coefficient (Wildman–Crippen LogP) is 15.8. The van der Waals surface area contributed by atoms with Gasteiger partial charge in [-0.25, -0.2) is 0 Å². The van der Waals surface area contributed by atoms with Gasteiger partial charge in [0.05, 0.1) is 5.30 Å². The molecule has 4 heteroatoms. The van der Waals surface area contributed by atoms with Gasteiger partial charge in [-0.2, -0.15) is 0 Å². The third kappa shape index (κ3) is 20.2. The third-order valence-electron chi connectivity index (χ3n) is 10.1. The van der Waals surface area contributed by atoms with Crippen molar-refractivity contribution in [2.75, 3.05) is 0 Å². The van der Waals surface area contributed by atoms with E-state index in [4.69, 9.17) is 20.9 Å². The number of hydrogen-bond acceptors (Lipinski definition) is 3. The lowest BCUT2D eigenvalue weighted by Crippen LogP contribution is -2.14. The first kappa shape index (κ1) is 44.0. The Morgan fingerprint density at radius 2 is 0.827 bits per heavy atom. The van der Waals surface area contributed by atoms with Gasteiger partial charge in [0.2, 0.25) is 0 Å². The molecule has 0 N–H and O–H groups in total. The number of aryl methyl sites for hydroxylation is 2. The molecule has 0 aliphatic rings. The van der Waals surface area contributed by atoms with E-state index in [0.29, 0.717) is 0 Å². The van der Waals surface area contributed by atoms with Gasteiger partial charge in [0, 0.05) is 0 Å². The summed E-state index contributed by atoms with van der Waals surface area (Å²) in [6.45, 7) is 1.72. The van der Waals surface area contributed by atoms with E-state index < -0.39 is 6.49 Å². The van der Waals surface area contributed by atoms with Gasteiger partial charge in [-0.05, 0) is 111 Å². The maximum absolute atomic E-state index is 6.67. The Balaban J connectivity index is 1.41. The molecule has 0 amide bonds. The Morgan fingerprint density at radius 3 is 1.25 bits per heavy atom. The molecule has 2 nitrogen and oxygen atoms in total. The number of hydrogen-bond donors (Lipinski definition) is 0. The summed E-state index contributed by atoms with van der Waals surface area (Å²) in [7, 11) is 0. The zero-order valence-corrected chi connectivity index (χ0v) is 34.9. The molecule has 0 aliphatic carbocycles. The predicted molar refractivity (Wildman–Crippen MR) is 233 cm³/mol. The van der Waals surface area contributed by atoms with Crippen LogP contribution in [0.1, 0.15) is 179 Å². The van der Waals surface area contributed by atoms with Crippen LogP contribution >= 0.6 is 6.49 Å². The third-order valence-corrected chi connectivity index (χ3v) is 13.0. The monoisotopic (exact) mass is 745 g/mol. The summed E-state index contributed by atoms with van der Waals surface area (Å²) in [5.41, 5.74) is 2.61. The highest BCUT2D eigenvalue weighted by Gasteiger charge is 2.26. The number of benzene rings is 3. The molecule has 1 atom stereocenters. The average Bonchev–Trinajstić information content (AvgIpc) is 3.16. The van der Waals surface area contributed by atoms with Crippen LogP contribution in [0.5, 0.6) is 11.5 Å². The number of allylic oxidation sites excluding steroid dienone is 2. The molecule has 3 aromatic rings. The zero-order valence-electron chi connectivity index (χ0n) is 33.2.